The molecule has 10 rings (SSSR count). The van der Waals surface area contributed by atoms with Gasteiger partial charge in [0, 0.05) is 81.4 Å². The van der Waals surface area contributed by atoms with Gasteiger partial charge in [-0.25, -0.2) is 15.0 Å². The van der Waals surface area contributed by atoms with E-state index in [9.17, 15) is 19.2 Å². The summed E-state index contributed by atoms with van der Waals surface area (Å²) in [4.78, 5) is 71.4. The van der Waals surface area contributed by atoms with Gasteiger partial charge >= 0.3 is 0 Å². The van der Waals surface area contributed by atoms with E-state index in [1.807, 2.05) is 18.2 Å². The fourth-order valence-electron chi connectivity index (χ4n) is 9.29. The molecule has 3 saturated heterocycles. The maximum Gasteiger partial charge on any atom is 0.278 e. The van der Waals surface area contributed by atoms with Crippen LogP contribution < -0.4 is 31.3 Å². The van der Waals surface area contributed by atoms with Crippen LogP contribution in [0.3, 0.4) is 0 Å². The minimum atomic E-state index is -0.848. The van der Waals surface area contributed by atoms with E-state index in [1.165, 1.54) is 5.69 Å². The monoisotopic (exact) mass is 889 g/mol. The quantitative estimate of drug-likeness (QED) is 0.154. The molecule has 63 heavy (non-hydrogen) atoms. The van der Waals surface area contributed by atoms with Crippen molar-refractivity contribution in [1.82, 2.24) is 50.0 Å². The van der Waals surface area contributed by atoms with Gasteiger partial charge in [-0.3, -0.25) is 29.4 Å². The highest BCUT2D eigenvalue weighted by atomic mass is 35.5. The number of rotatable bonds is 10. The number of fused-ring (bicyclic) bond motifs is 2. The first-order valence-electron chi connectivity index (χ1n) is 21.4. The molecule has 1 saturated carbocycles. The number of hydrogen-bond donors (Lipinski definition) is 3. The molecule has 0 bridgehead atoms. The predicted octanol–water partition coefficient (Wildman–Crippen LogP) is 5.13. The normalized spacial score (nSPS) is 21.1. The summed E-state index contributed by atoms with van der Waals surface area (Å²) in [6.07, 6.45) is 7.30. The zero-order chi connectivity index (χ0) is 43.2. The maximum absolute atomic E-state index is 13.4. The van der Waals surface area contributed by atoms with Gasteiger partial charge < -0.3 is 25.0 Å². The summed E-state index contributed by atoms with van der Waals surface area (Å²) in [5, 5.41) is 18.1. The van der Waals surface area contributed by atoms with E-state index < -0.39 is 11.9 Å². The molecular formula is C44H45Cl2N13O4. The van der Waals surface area contributed by atoms with Crippen LogP contribution in [0.25, 0.3) is 22.1 Å². The number of benzene rings is 3. The summed E-state index contributed by atoms with van der Waals surface area (Å²) in [6, 6.07) is 18.4. The largest absolute Gasteiger partial charge is 0.371 e. The van der Waals surface area contributed by atoms with Crippen molar-refractivity contribution in [3.8, 4) is 0 Å². The number of piperazine rings is 1. The second-order valence-electron chi connectivity index (χ2n) is 16.8. The Labute approximate surface area is 371 Å². The van der Waals surface area contributed by atoms with E-state index >= 15 is 0 Å². The van der Waals surface area contributed by atoms with Crippen LogP contribution in [0.2, 0.25) is 10.0 Å². The number of amides is 3. The lowest BCUT2D eigenvalue weighted by atomic mass is 9.86. The zero-order valence-corrected chi connectivity index (χ0v) is 35.8. The van der Waals surface area contributed by atoms with Gasteiger partial charge in [-0.1, -0.05) is 34.5 Å². The Kier molecular flexibility index (Phi) is 11.1. The Bertz CT molecular complexity index is 2760. The molecule has 0 unspecified atom stereocenters. The Morgan fingerprint density at radius 3 is 2.30 bits per heavy atom. The number of imide groups is 1. The lowest BCUT2D eigenvalue weighted by Crippen LogP contribution is -2.49. The average Bonchev–Trinajstić information content (AvgIpc) is 3.70. The lowest BCUT2D eigenvalue weighted by molar-refractivity contribution is -0.136. The third kappa shape index (κ3) is 8.27. The molecule has 3 aromatic carbocycles. The molecule has 0 radical (unpaired) electrons. The van der Waals surface area contributed by atoms with Crippen molar-refractivity contribution < 1.29 is 14.4 Å². The summed E-state index contributed by atoms with van der Waals surface area (Å²) in [7, 11) is 0. The molecule has 0 spiro atoms. The Morgan fingerprint density at radius 1 is 0.825 bits per heavy atom. The number of halogens is 2. The van der Waals surface area contributed by atoms with Crippen molar-refractivity contribution >= 4 is 85.9 Å². The molecule has 4 fully saturated rings. The van der Waals surface area contributed by atoms with Gasteiger partial charge in [0.25, 0.3) is 17.4 Å². The minimum absolute atomic E-state index is 0.0133. The van der Waals surface area contributed by atoms with Gasteiger partial charge in [-0.15, -0.1) is 5.10 Å². The maximum atomic E-state index is 13.4. The number of nitrogens with one attached hydrogen (secondary N) is 3. The molecule has 1 aliphatic carbocycles. The minimum Gasteiger partial charge on any atom is -0.371 e. The van der Waals surface area contributed by atoms with Crippen LogP contribution in [-0.4, -0.2) is 109 Å². The van der Waals surface area contributed by atoms with Crippen molar-refractivity contribution in [1.29, 1.82) is 0 Å². The number of carbonyl (C=O) groups is 3. The first-order chi connectivity index (χ1) is 30.6. The SMILES string of the molecule is O=C1CC[C@H](n2nnc3ccc(N4CCC(CN5CCN(c6ccc(Nc7ncnc8c7ncn8C7CC(NC(=O)c8c(Cl)cccc8Cl)C7)cc6)CC5)CC4)cc3c2=O)C(=O)N1. The lowest BCUT2D eigenvalue weighted by Gasteiger charge is -2.40. The molecule has 19 heteroatoms. The summed E-state index contributed by atoms with van der Waals surface area (Å²) in [6.45, 7) is 6.74. The van der Waals surface area contributed by atoms with Crippen LogP contribution in [0.15, 0.2) is 78.1 Å². The predicted molar refractivity (Wildman–Crippen MR) is 240 cm³/mol. The van der Waals surface area contributed by atoms with E-state index in [0.717, 1.165) is 93.2 Å². The molecule has 17 nitrogen and oxygen atoms in total. The fourth-order valence-corrected chi connectivity index (χ4v) is 9.86. The molecular weight excluding hydrogens is 845 g/mol. The molecule has 4 aliphatic rings. The molecule has 324 valence electrons. The third-order valence-electron chi connectivity index (χ3n) is 12.9. The number of hydrogen-bond acceptors (Lipinski definition) is 13. The van der Waals surface area contributed by atoms with Gasteiger partial charge in [0.15, 0.2) is 17.0 Å². The van der Waals surface area contributed by atoms with Crippen LogP contribution in [-0.2, 0) is 9.59 Å². The van der Waals surface area contributed by atoms with Gasteiger partial charge in [0.05, 0.1) is 27.3 Å². The fraction of sp³-hybridized carbons (Fsp3) is 0.386. The molecule has 3 amide bonds. The van der Waals surface area contributed by atoms with Crippen molar-refractivity contribution in [2.45, 2.75) is 56.7 Å². The smallest absolute Gasteiger partial charge is 0.278 e. The van der Waals surface area contributed by atoms with Crippen LogP contribution in [0.5, 0.6) is 0 Å². The highest BCUT2D eigenvalue weighted by molar-refractivity contribution is 6.39. The molecule has 3 N–H and O–H groups in total. The highest BCUT2D eigenvalue weighted by Crippen LogP contribution is 2.36. The van der Waals surface area contributed by atoms with E-state index in [2.05, 4.69) is 84.7 Å². The topological polar surface area (TPSA) is 188 Å². The molecule has 6 aromatic rings. The summed E-state index contributed by atoms with van der Waals surface area (Å²) < 4.78 is 3.16. The van der Waals surface area contributed by atoms with Gasteiger partial charge in [-0.2, -0.15) is 4.68 Å². The summed E-state index contributed by atoms with van der Waals surface area (Å²) in [5.74, 6) is 0.0778. The van der Waals surface area contributed by atoms with Crippen molar-refractivity contribution in [3.05, 3.63) is 99.3 Å². The Morgan fingerprint density at radius 2 is 1.56 bits per heavy atom. The van der Waals surface area contributed by atoms with Crippen LogP contribution in [0.1, 0.15) is 61.0 Å². The van der Waals surface area contributed by atoms with E-state index in [1.54, 1.807) is 30.9 Å². The summed E-state index contributed by atoms with van der Waals surface area (Å²) >= 11 is 12.5. The van der Waals surface area contributed by atoms with Gasteiger partial charge in [-0.05, 0) is 92.6 Å². The van der Waals surface area contributed by atoms with Crippen molar-refractivity contribution in [2.24, 2.45) is 5.92 Å². The van der Waals surface area contributed by atoms with Crippen LogP contribution in [0.4, 0.5) is 22.9 Å². The van der Waals surface area contributed by atoms with Crippen LogP contribution >= 0.6 is 23.2 Å². The molecule has 6 heterocycles. The van der Waals surface area contributed by atoms with E-state index in [4.69, 9.17) is 23.2 Å². The first kappa shape index (κ1) is 40.9. The number of carbonyl (C=O) groups excluding carboxylic acids is 3. The third-order valence-corrected chi connectivity index (χ3v) is 13.6. The van der Waals surface area contributed by atoms with E-state index in [0.29, 0.717) is 43.8 Å². The summed E-state index contributed by atoms with van der Waals surface area (Å²) in [5.41, 5.74) is 4.86. The van der Waals surface area contributed by atoms with Crippen molar-refractivity contribution in [3.63, 3.8) is 0 Å². The highest BCUT2D eigenvalue weighted by Gasteiger charge is 2.34. The molecule has 3 aliphatic heterocycles. The average molecular weight is 891 g/mol. The number of piperidine rings is 2. The van der Waals surface area contributed by atoms with Crippen molar-refractivity contribution in [2.75, 3.05) is 60.9 Å². The van der Waals surface area contributed by atoms with E-state index in [-0.39, 0.29) is 42.3 Å². The number of anilines is 4. The Balaban J connectivity index is 0.691. The van der Waals surface area contributed by atoms with Gasteiger partial charge in [0.1, 0.15) is 17.9 Å². The second-order valence-corrected chi connectivity index (χ2v) is 17.7. The number of aromatic nitrogens is 7. The standard InChI is InChI=1S/C44H45Cl2N13O4/c45-33-2-1-3-34(46)38(33)43(62)51-28-20-31(21-28)58-25-49-39-40(47-24-48-41(39)58)50-27-4-6-29(7-5-27)57-18-16-55(17-19-57)23-26-12-14-56(15-13-26)30-8-9-35-32(22-30)44(63)59(54-53-35)36-10-11-37(60)52-42(36)61/h1-9,22,24-26,28,31,36H,10-21,23H2,(H,51,62)(H,47,48,50)(H,52,60,61)/t28?,31?,36-/m0/s1. The molecule has 3 aromatic heterocycles. The number of nitrogens with zero attached hydrogens (tertiary/aromatic N) is 10. The zero-order valence-electron chi connectivity index (χ0n) is 34.3. The number of imidazole rings is 1. The second kappa shape index (κ2) is 17.2. The van der Waals surface area contributed by atoms with Crippen LogP contribution in [0, 0.1) is 5.92 Å². The first-order valence-corrected chi connectivity index (χ1v) is 22.2. The van der Waals surface area contributed by atoms with Gasteiger partial charge in [0.2, 0.25) is 5.91 Å². The molecule has 1 atom stereocenters. The Hall–Kier alpha value is -6.17.